The molecule has 1 saturated heterocycles. The molecule has 1 aliphatic heterocycles. The van der Waals surface area contributed by atoms with Crippen LogP contribution in [0.1, 0.15) is 37.4 Å². The van der Waals surface area contributed by atoms with E-state index in [1.807, 2.05) is 11.3 Å². The van der Waals surface area contributed by atoms with Crippen molar-refractivity contribution in [2.45, 2.75) is 58.8 Å². The van der Waals surface area contributed by atoms with Crippen LogP contribution >= 0.6 is 11.3 Å². The van der Waals surface area contributed by atoms with Crippen molar-refractivity contribution in [3.8, 4) is 0 Å². The van der Waals surface area contributed by atoms with Gasteiger partial charge in [0.15, 0.2) is 0 Å². The van der Waals surface area contributed by atoms with Crippen molar-refractivity contribution in [1.82, 2.24) is 5.43 Å². The summed E-state index contributed by atoms with van der Waals surface area (Å²) in [5, 5.41) is 0. The van der Waals surface area contributed by atoms with Crippen molar-refractivity contribution in [2.24, 2.45) is 17.7 Å². The average Bonchev–Trinajstić information content (AvgIpc) is 2.93. The minimum Gasteiger partial charge on any atom is -0.375 e. The molecule has 0 aliphatic carbocycles. The molecule has 0 amide bonds. The summed E-state index contributed by atoms with van der Waals surface area (Å²) in [5.74, 6) is 6.83. The van der Waals surface area contributed by atoms with Crippen LogP contribution in [-0.4, -0.2) is 18.2 Å². The molecule has 2 heterocycles. The Hall–Kier alpha value is -0.420. The highest BCUT2D eigenvalue weighted by molar-refractivity contribution is 7.11. The van der Waals surface area contributed by atoms with Crippen LogP contribution in [0.3, 0.4) is 0 Å². The molecular formula is C15H26N2OS. The maximum Gasteiger partial charge on any atom is 0.0597 e. The lowest BCUT2D eigenvalue weighted by atomic mass is 9.82. The van der Waals surface area contributed by atoms with Gasteiger partial charge in [-0.15, -0.1) is 11.3 Å². The van der Waals surface area contributed by atoms with Crippen LogP contribution in [0.5, 0.6) is 0 Å². The van der Waals surface area contributed by atoms with E-state index in [1.165, 1.54) is 9.75 Å². The molecule has 1 fully saturated rings. The summed E-state index contributed by atoms with van der Waals surface area (Å²) in [7, 11) is 0. The Morgan fingerprint density at radius 3 is 2.42 bits per heavy atom. The second-order valence-corrected chi connectivity index (χ2v) is 6.93. The lowest BCUT2D eigenvalue weighted by Crippen LogP contribution is -2.46. The Kier molecular flexibility index (Phi) is 5.01. The molecule has 4 heteroatoms. The molecule has 108 valence electrons. The summed E-state index contributed by atoms with van der Waals surface area (Å²) in [6.07, 6.45) is 2.71. The van der Waals surface area contributed by atoms with Gasteiger partial charge in [-0.25, -0.2) is 0 Å². The molecule has 0 spiro atoms. The summed E-state index contributed by atoms with van der Waals surface area (Å²) >= 11 is 1.90. The number of hydrogen-bond acceptors (Lipinski definition) is 4. The highest BCUT2D eigenvalue weighted by atomic mass is 32.1. The highest BCUT2D eigenvalue weighted by Gasteiger charge is 2.41. The van der Waals surface area contributed by atoms with Crippen LogP contribution in [0.4, 0.5) is 0 Å². The van der Waals surface area contributed by atoms with E-state index >= 15 is 0 Å². The van der Waals surface area contributed by atoms with Crippen LogP contribution < -0.4 is 11.3 Å². The molecule has 19 heavy (non-hydrogen) atoms. The molecule has 1 aliphatic rings. The number of hydrazine groups is 1. The zero-order chi connectivity index (χ0) is 14.0. The van der Waals surface area contributed by atoms with Crippen molar-refractivity contribution < 1.29 is 4.74 Å². The summed E-state index contributed by atoms with van der Waals surface area (Å²) in [4.78, 5) is 2.86. The number of ether oxygens (including phenoxy) is 1. The van der Waals surface area contributed by atoms with Crippen LogP contribution in [0.15, 0.2) is 12.1 Å². The Balaban J connectivity index is 2.07. The third-order valence-electron chi connectivity index (χ3n) is 4.48. The van der Waals surface area contributed by atoms with Crippen molar-refractivity contribution in [3.05, 3.63) is 21.9 Å². The monoisotopic (exact) mass is 282 g/mol. The third-order valence-corrected chi connectivity index (χ3v) is 5.74. The van der Waals surface area contributed by atoms with E-state index < -0.39 is 0 Å². The van der Waals surface area contributed by atoms with Crippen molar-refractivity contribution >= 4 is 11.3 Å². The number of rotatable bonds is 5. The van der Waals surface area contributed by atoms with Crippen LogP contribution in [0, 0.1) is 11.8 Å². The fourth-order valence-electron chi connectivity index (χ4n) is 3.23. The Bertz CT molecular complexity index is 407. The number of nitrogens with two attached hydrogens (primary N) is 1. The van der Waals surface area contributed by atoms with Gasteiger partial charge in [-0.3, -0.25) is 11.3 Å². The van der Waals surface area contributed by atoms with E-state index in [1.54, 1.807) is 0 Å². The minimum atomic E-state index is 0.275. The van der Waals surface area contributed by atoms with Gasteiger partial charge in [0.25, 0.3) is 0 Å². The number of hydrogen-bond donors (Lipinski definition) is 2. The smallest absolute Gasteiger partial charge is 0.0597 e. The maximum atomic E-state index is 5.94. The molecule has 0 bridgehead atoms. The molecule has 1 aromatic heterocycles. The Morgan fingerprint density at radius 1 is 1.26 bits per heavy atom. The van der Waals surface area contributed by atoms with Gasteiger partial charge in [0, 0.05) is 21.7 Å². The van der Waals surface area contributed by atoms with E-state index in [9.17, 15) is 0 Å². The van der Waals surface area contributed by atoms with Crippen molar-refractivity contribution in [3.63, 3.8) is 0 Å². The minimum absolute atomic E-state index is 0.275. The van der Waals surface area contributed by atoms with Crippen LogP contribution in [0.25, 0.3) is 0 Å². The lowest BCUT2D eigenvalue weighted by molar-refractivity contribution is 0.0476. The van der Waals surface area contributed by atoms with Crippen molar-refractivity contribution in [1.29, 1.82) is 0 Å². The molecule has 3 nitrogen and oxygen atoms in total. The van der Waals surface area contributed by atoms with Gasteiger partial charge in [-0.1, -0.05) is 13.8 Å². The van der Waals surface area contributed by atoms with Gasteiger partial charge in [0.05, 0.1) is 12.2 Å². The van der Waals surface area contributed by atoms with Crippen LogP contribution in [-0.2, 0) is 17.6 Å². The second-order valence-electron chi connectivity index (χ2n) is 5.68. The van der Waals surface area contributed by atoms with E-state index in [0.717, 1.165) is 12.8 Å². The fourth-order valence-corrected chi connectivity index (χ4v) is 4.25. The second kappa shape index (κ2) is 6.35. The zero-order valence-corrected chi connectivity index (χ0v) is 13.2. The topological polar surface area (TPSA) is 47.3 Å². The first-order chi connectivity index (χ1) is 9.06. The predicted molar refractivity (Wildman–Crippen MR) is 81.2 cm³/mol. The molecule has 1 aromatic rings. The van der Waals surface area contributed by atoms with Gasteiger partial charge in [-0.05, 0) is 44.7 Å². The van der Waals surface area contributed by atoms with E-state index in [2.05, 4.69) is 45.3 Å². The zero-order valence-electron chi connectivity index (χ0n) is 12.3. The number of thiophene rings is 1. The Labute approximate surface area is 120 Å². The standard InChI is InChI=1S/C15H26N2OS/c1-5-12-6-7-13(19-12)8-14(17-16)15-9(2)10(3)18-11(15)4/h6-7,9-11,14-15,17H,5,8,16H2,1-4H3. The number of aryl methyl sites for hydroxylation is 1. The molecule has 5 atom stereocenters. The van der Waals surface area contributed by atoms with Crippen LogP contribution in [0.2, 0.25) is 0 Å². The molecular weight excluding hydrogens is 256 g/mol. The molecule has 2 rings (SSSR count). The summed E-state index contributed by atoms with van der Waals surface area (Å²) in [6, 6.07) is 4.76. The van der Waals surface area contributed by atoms with Gasteiger partial charge < -0.3 is 4.74 Å². The summed E-state index contributed by atoms with van der Waals surface area (Å²) < 4.78 is 5.94. The summed E-state index contributed by atoms with van der Waals surface area (Å²) in [6.45, 7) is 8.80. The average molecular weight is 282 g/mol. The Morgan fingerprint density at radius 2 is 1.95 bits per heavy atom. The number of nitrogens with one attached hydrogen (secondary N) is 1. The lowest BCUT2D eigenvalue weighted by Gasteiger charge is -2.28. The van der Waals surface area contributed by atoms with Crippen molar-refractivity contribution in [2.75, 3.05) is 0 Å². The van der Waals surface area contributed by atoms with Gasteiger partial charge >= 0.3 is 0 Å². The third kappa shape index (κ3) is 3.19. The maximum absolute atomic E-state index is 5.94. The van der Waals surface area contributed by atoms with Gasteiger partial charge in [0.2, 0.25) is 0 Å². The molecule has 0 radical (unpaired) electrons. The first-order valence-corrected chi connectivity index (χ1v) is 8.07. The van der Waals surface area contributed by atoms with E-state index in [0.29, 0.717) is 24.0 Å². The van der Waals surface area contributed by atoms with E-state index in [-0.39, 0.29) is 6.10 Å². The quantitative estimate of drug-likeness (QED) is 0.645. The summed E-state index contributed by atoms with van der Waals surface area (Å²) in [5.41, 5.74) is 3.03. The molecule has 5 unspecified atom stereocenters. The first kappa shape index (κ1) is 15.0. The molecule has 0 aromatic carbocycles. The SMILES string of the molecule is CCc1ccc(CC(NN)C2C(C)OC(C)C2C)s1. The van der Waals surface area contributed by atoms with E-state index in [4.69, 9.17) is 10.6 Å². The first-order valence-electron chi connectivity index (χ1n) is 7.26. The van der Waals surface area contributed by atoms with Gasteiger partial charge in [0.1, 0.15) is 0 Å². The molecule has 3 N–H and O–H groups in total. The molecule has 0 saturated carbocycles. The normalized spacial score (nSPS) is 32.7. The fraction of sp³-hybridized carbons (Fsp3) is 0.733. The largest absolute Gasteiger partial charge is 0.375 e. The predicted octanol–water partition coefficient (Wildman–Crippen LogP) is 2.74. The van der Waals surface area contributed by atoms with Gasteiger partial charge in [-0.2, -0.15) is 0 Å². The highest BCUT2D eigenvalue weighted by Crippen LogP contribution is 2.35.